The number of nitrogens with zero attached hydrogens (tertiary/aromatic N) is 2. The molecule has 1 saturated heterocycles. The van der Waals surface area contributed by atoms with E-state index in [1.165, 1.54) is 11.8 Å². The highest BCUT2D eigenvalue weighted by Crippen LogP contribution is 2.31. The molecule has 0 aliphatic carbocycles. The normalized spacial score (nSPS) is 16.1. The van der Waals surface area contributed by atoms with Crippen molar-refractivity contribution in [1.82, 2.24) is 4.90 Å². The predicted molar refractivity (Wildman–Crippen MR) is 159 cm³/mol. The third kappa shape index (κ3) is 7.78. The first-order valence-corrected chi connectivity index (χ1v) is 14.1. The molecule has 8 nitrogen and oxygen atoms in total. The Hall–Kier alpha value is -3.53. The first-order chi connectivity index (χ1) is 19.2. The number of benzene rings is 3. The Morgan fingerprint density at radius 3 is 2.35 bits per heavy atom. The van der Waals surface area contributed by atoms with Gasteiger partial charge in [-0.25, -0.2) is 9.79 Å². The summed E-state index contributed by atoms with van der Waals surface area (Å²) in [5.41, 5.74) is 2.38. The minimum absolute atomic E-state index is 0.00573. The van der Waals surface area contributed by atoms with Crippen LogP contribution in [0.25, 0.3) is 0 Å². The molecule has 40 heavy (non-hydrogen) atoms. The number of carbonyl (C=O) groups excluding carboxylic acids is 3. The molecule has 0 bridgehead atoms. The van der Waals surface area contributed by atoms with Crippen LogP contribution >= 0.6 is 35.0 Å². The van der Waals surface area contributed by atoms with Crippen LogP contribution in [0.3, 0.4) is 0 Å². The molecule has 0 aromatic heterocycles. The monoisotopic (exact) mass is 599 g/mol. The highest BCUT2D eigenvalue weighted by molar-refractivity contribution is 8.15. The zero-order valence-electron chi connectivity index (χ0n) is 21.9. The third-order valence-corrected chi connectivity index (χ3v) is 7.57. The van der Waals surface area contributed by atoms with Gasteiger partial charge >= 0.3 is 5.97 Å². The van der Waals surface area contributed by atoms with Crippen molar-refractivity contribution in [3.8, 4) is 5.75 Å². The number of aliphatic imine (C=N–C) groups is 1. The van der Waals surface area contributed by atoms with E-state index in [0.29, 0.717) is 45.1 Å². The van der Waals surface area contributed by atoms with E-state index in [1.807, 2.05) is 24.3 Å². The van der Waals surface area contributed by atoms with E-state index < -0.39 is 11.2 Å². The number of nitrogens with one attached hydrogen (secondary N) is 1. The molecule has 1 atom stereocenters. The fourth-order valence-electron chi connectivity index (χ4n) is 3.94. The first kappa shape index (κ1) is 29.5. The van der Waals surface area contributed by atoms with E-state index in [0.717, 1.165) is 11.3 Å². The van der Waals surface area contributed by atoms with Crippen molar-refractivity contribution in [2.75, 3.05) is 25.6 Å². The van der Waals surface area contributed by atoms with Crippen molar-refractivity contribution in [2.24, 2.45) is 4.99 Å². The number of esters is 1. The number of rotatable bonds is 9. The van der Waals surface area contributed by atoms with Crippen LogP contribution in [0.5, 0.6) is 5.75 Å². The molecular weight excluding hydrogens is 573 g/mol. The minimum Gasteiger partial charge on any atom is -0.497 e. The van der Waals surface area contributed by atoms with Crippen molar-refractivity contribution in [1.29, 1.82) is 0 Å². The molecular formula is C29H27Cl2N3O5S. The number of amides is 2. The van der Waals surface area contributed by atoms with Gasteiger partial charge in [-0.2, -0.15) is 0 Å². The summed E-state index contributed by atoms with van der Waals surface area (Å²) in [6.45, 7) is 2.38. The number of amidine groups is 1. The smallest absolute Gasteiger partial charge is 0.338 e. The topological polar surface area (TPSA) is 97.3 Å². The second kappa shape index (κ2) is 13.7. The summed E-state index contributed by atoms with van der Waals surface area (Å²) in [4.78, 5) is 44.8. The van der Waals surface area contributed by atoms with Crippen molar-refractivity contribution in [3.05, 3.63) is 87.9 Å². The number of thioether (sulfide) groups is 1. The van der Waals surface area contributed by atoms with Crippen LogP contribution in [0.15, 0.2) is 71.7 Å². The highest BCUT2D eigenvalue weighted by Gasteiger charge is 2.36. The Morgan fingerprint density at radius 1 is 1.05 bits per heavy atom. The van der Waals surface area contributed by atoms with E-state index in [2.05, 4.69) is 5.32 Å². The lowest BCUT2D eigenvalue weighted by atomic mass is 10.1. The molecule has 0 unspecified atom stereocenters. The molecule has 1 N–H and O–H groups in total. The van der Waals surface area contributed by atoms with Gasteiger partial charge in [-0.1, -0.05) is 47.1 Å². The van der Waals surface area contributed by atoms with Crippen LogP contribution in [-0.2, 0) is 20.7 Å². The number of ether oxygens (including phenoxy) is 2. The predicted octanol–water partition coefficient (Wildman–Crippen LogP) is 6.38. The standard InChI is InChI=1S/C29H27Cl2N3O5S/c1-3-39-28(37)19-6-8-22(9-7-19)33-29-34(13-12-18-4-10-24(38-2)11-5-18)26(35)17-25(40-29)27(36)32-23-15-20(30)14-21(31)16-23/h4-11,14-16,25H,3,12-13,17H2,1-2H3,(H,32,36)/t25-/m0/s1. The zero-order valence-corrected chi connectivity index (χ0v) is 24.2. The Morgan fingerprint density at radius 2 is 1.73 bits per heavy atom. The van der Waals surface area contributed by atoms with Crippen LogP contribution in [0.2, 0.25) is 10.0 Å². The summed E-state index contributed by atoms with van der Waals surface area (Å²) in [5.74, 6) is -0.269. The lowest BCUT2D eigenvalue weighted by Gasteiger charge is -2.32. The largest absolute Gasteiger partial charge is 0.497 e. The molecule has 0 radical (unpaired) electrons. The summed E-state index contributed by atoms with van der Waals surface area (Å²) in [6, 6.07) is 18.9. The van der Waals surface area contributed by atoms with Gasteiger partial charge in [0.2, 0.25) is 11.8 Å². The molecule has 11 heteroatoms. The van der Waals surface area contributed by atoms with Crippen LogP contribution in [-0.4, -0.2) is 53.4 Å². The summed E-state index contributed by atoms with van der Waals surface area (Å²) in [5, 5.41) is 3.23. The fourth-order valence-corrected chi connectivity index (χ4v) is 5.59. The van der Waals surface area contributed by atoms with Crippen molar-refractivity contribution < 1.29 is 23.9 Å². The molecule has 1 fully saturated rings. The third-order valence-electron chi connectivity index (χ3n) is 5.95. The number of hydrogen-bond acceptors (Lipinski definition) is 7. The zero-order chi connectivity index (χ0) is 28.6. The summed E-state index contributed by atoms with van der Waals surface area (Å²) in [7, 11) is 1.61. The second-order valence-electron chi connectivity index (χ2n) is 8.76. The van der Waals surface area contributed by atoms with Crippen LogP contribution in [0, 0.1) is 0 Å². The minimum atomic E-state index is -0.722. The molecule has 2 amide bonds. The number of methoxy groups -OCH3 is 1. The molecule has 1 aliphatic rings. The van der Waals surface area contributed by atoms with Gasteiger partial charge in [0.25, 0.3) is 0 Å². The maximum Gasteiger partial charge on any atom is 0.338 e. The lowest BCUT2D eigenvalue weighted by Crippen LogP contribution is -2.46. The maximum absolute atomic E-state index is 13.3. The average Bonchev–Trinajstić information content (AvgIpc) is 2.92. The Labute approximate surface area is 246 Å². The molecule has 3 aromatic rings. The lowest BCUT2D eigenvalue weighted by molar-refractivity contribution is -0.129. The van der Waals surface area contributed by atoms with E-state index in [9.17, 15) is 14.4 Å². The van der Waals surface area contributed by atoms with Crippen LogP contribution in [0.1, 0.15) is 29.3 Å². The van der Waals surface area contributed by atoms with Crippen molar-refractivity contribution in [2.45, 2.75) is 25.0 Å². The Bertz CT molecular complexity index is 1390. The first-order valence-electron chi connectivity index (χ1n) is 12.5. The highest BCUT2D eigenvalue weighted by atomic mass is 35.5. The summed E-state index contributed by atoms with van der Waals surface area (Å²) < 4.78 is 10.3. The molecule has 208 valence electrons. The molecule has 1 heterocycles. The van der Waals surface area contributed by atoms with Gasteiger partial charge < -0.3 is 14.8 Å². The molecule has 1 aliphatic heterocycles. The quantitative estimate of drug-likeness (QED) is 0.286. The van der Waals surface area contributed by atoms with Gasteiger partial charge in [0.1, 0.15) is 11.0 Å². The summed E-state index contributed by atoms with van der Waals surface area (Å²) in [6.07, 6.45) is 0.573. The second-order valence-corrected chi connectivity index (χ2v) is 10.8. The van der Waals surface area contributed by atoms with Gasteiger partial charge in [-0.3, -0.25) is 14.5 Å². The van der Waals surface area contributed by atoms with Gasteiger partial charge in [-0.05, 0) is 73.5 Å². The van der Waals surface area contributed by atoms with Gasteiger partial charge in [-0.15, -0.1) is 0 Å². The van der Waals surface area contributed by atoms with E-state index in [1.54, 1.807) is 61.4 Å². The SMILES string of the molecule is CCOC(=O)c1ccc(N=C2S[C@H](C(=O)Nc3cc(Cl)cc(Cl)c3)CC(=O)N2CCc2ccc(OC)cc2)cc1. The number of hydrogen-bond donors (Lipinski definition) is 1. The van der Waals surface area contributed by atoms with Crippen molar-refractivity contribution >= 4 is 69.3 Å². The van der Waals surface area contributed by atoms with Crippen molar-refractivity contribution in [3.63, 3.8) is 0 Å². The number of anilines is 1. The fraction of sp³-hybridized carbons (Fsp3) is 0.241. The molecule has 3 aromatic carbocycles. The van der Waals surface area contributed by atoms with Gasteiger partial charge in [0.05, 0.1) is 25.0 Å². The number of carbonyl (C=O) groups is 3. The van der Waals surface area contributed by atoms with E-state index in [4.69, 9.17) is 37.7 Å². The molecule has 0 saturated carbocycles. The van der Waals surface area contributed by atoms with Crippen LogP contribution in [0.4, 0.5) is 11.4 Å². The van der Waals surface area contributed by atoms with Gasteiger partial charge in [0, 0.05) is 28.7 Å². The Balaban J connectivity index is 1.56. The molecule has 0 spiro atoms. The van der Waals surface area contributed by atoms with Gasteiger partial charge in [0.15, 0.2) is 5.17 Å². The number of halogens is 2. The molecule has 4 rings (SSSR count). The van der Waals surface area contributed by atoms with E-state index in [-0.39, 0.29) is 24.8 Å². The maximum atomic E-state index is 13.3. The summed E-state index contributed by atoms with van der Waals surface area (Å²) >= 11 is 13.3. The van der Waals surface area contributed by atoms with Crippen LogP contribution < -0.4 is 10.1 Å². The van der Waals surface area contributed by atoms with E-state index >= 15 is 0 Å². The average molecular weight is 601 g/mol. The Kier molecular flexibility index (Phi) is 10.1.